The number of hydrogen-bond acceptors (Lipinski definition) is 4. The molecule has 0 atom stereocenters. The van der Waals surface area contributed by atoms with Crippen molar-refractivity contribution in [2.24, 2.45) is 4.99 Å². The number of halogens is 1. The highest BCUT2D eigenvalue weighted by atomic mass is 35.5. The zero-order valence-electron chi connectivity index (χ0n) is 18.2. The Morgan fingerprint density at radius 1 is 1.20 bits per heavy atom. The molecule has 0 unspecified atom stereocenters. The van der Waals surface area contributed by atoms with Crippen LogP contribution >= 0.6 is 11.6 Å². The Morgan fingerprint density at radius 2 is 1.93 bits per heavy atom. The highest BCUT2D eigenvalue weighted by Gasteiger charge is 2.36. The van der Waals surface area contributed by atoms with Gasteiger partial charge in [-0.1, -0.05) is 48.8 Å². The minimum atomic E-state index is -0.0803. The molecule has 0 bridgehead atoms. The van der Waals surface area contributed by atoms with E-state index in [1.807, 2.05) is 24.3 Å². The Balaban J connectivity index is 1.63. The van der Waals surface area contributed by atoms with Crippen molar-refractivity contribution in [2.45, 2.75) is 57.4 Å². The van der Waals surface area contributed by atoms with Gasteiger partial charge in [0, 0.05) is 49.2 Å². The van der Waals surface area contributed by atoms with Crippen LogP contribution in [0.15, 0.2) is 39.8 Å². The number of nitrogens with zero attached hydrogens (tertiary/aromatic N) is 2. The molecule has 2 heterocycles. The van der Waals surface area contributed by atoms with Crippen LogP contribution < -0.4 is 10.6 Å². The SMILES string of the molecule is CCC(CC)c1cc(CNC(=NC)NCC2(c3ccccc3Cl)CCOCC2)on1. The molecular weight excluding hydrogens is 400 g/mol. The fourth-order valence-corrected chi connectivity index (χ4v) is 4.49. The molecule has 1 aromatic heterocycles. The highest BCUT2D eigenvalue weighted by molar-refractivity contribution is 6.31. The van der Waals surface area contributed by atoms with Crippen molar-refractivity contribution in [3.63, 3.8) is 0 Å². The van der Waals surface area contributed by atoms with Crippen molar-refractivity contribution >= 4 is 17.6 Å². The summed E-state index contributed by atoms with van der Waals surface area (Å²) in [5.41, 5.74) is 2.12. The van der Waals surface area contributed by atoms with Crippen LogP contribution in [-0.2, 0) is 16.7 Å². The first kappa shape index (κ1) is 22.6. The molecule has 164 valence electrons. The summed E-state index contributed by atoms with van der Waals surface area (Å²) in [6, 6.07) is 10.1. The maximum atomic E-state index is 6.56. The number of benzene rings is 1. The molecule has 1 aromatic carbocycles. The zero-order valence-corrected chi connectivity index (χ0v) is 19.0. The molecule has 2 aromatic rings. The normalized spacial score (nSPS) is 16.6. The summed E-state index contributed by atoms with van der Waals surface area (Å²) < 4.78 is 11.1. The lowest BCUT2D eigenvalue weighted by molar-refractivity contribution is 0.0514. The van der Waals surface area contributed by atoms with Gasteiger partial charge in [0.05, 0.1) is 12.2 Å². The number of aliphatic imine (C=N–C) groups is 1. The van der Waals surface area contributed by atoms with Crippen molar-refractivity contribution in [1.82, 2.24) is 15.8 Å². The lowest BCUT2D eigenvalue weighted by atomic mass is 9.74. The Morgan fingerprint density at radius 3 is 2.60 bits per heavy atom. The van der Waals surface area contributed by atoms with Gasteiger partial charge in [0.1, 0.15) is 0 Å². The van der Waals surface area contributed by atoms with Crippen LogP contribution in [0.5, 0.6) is 0 Å². The third kappa shape index (κ3) is 5.35. The number of ether oxygens (including phenoxy) is 1. The van der Waals surface area contributed by atoms with Crippen molar-refractivity contribution in [1.29, 1.82) is 0 Å². The van der Waals surface area contributed by atoms with E-state index in [2.05, 4.69) is 40.7 Å². The largest absolute Gasteiger partial charge is 0.381 e. The van der Waals surface area contributed by atoms with Gasteiger partial charge in [-0.2, -0.15) is 0 Å². The lowest BCUT2D eigenvalue weighted by Crippen LogP contribution is -2.48. The Kier molecular flexibility index (Phi) is 8.16. The van der Waals surface area contributed by atoms with Crippen molar-refractivity contribution in [2.75, 3.05) is 26.8 Å². The summed E-state index contributed by atoms with van der Waals surface area (Å²) in [4.78, 5) is 4.38. The topological polar surface area (TPSA) is 71.7 Å². The Labute approximate surface area is 184 Å². The molecule has 2 N–H and O–H groups in total. The third-order valence-electron chi connectivity index (χ3n) is 6.12. The first-order chi connectivity index (χ1) is 14.6. The molecule has 1 saturated heterocycles. The second-order valence-corrected chi connectivity index (χ2v) is 8.29. The molecule has 0 radical (unpaired) electrons. The molecule has 7 heteroatoms. The average molecular weight is 433 g/mol. The third-order valence-corrected chi connectivity index (χ3v) is 6.45. The van der Waals surface area contributed by atoms with E-state index in [1.165, 1.54) is 5.56 Å². The van der Waals surface area contributed by atoms with E-state index >= 15 is 0 Å². The van der Waals surface area contributed by atoms with E-state index in [-0.39, 0.29) is 5.41 Å². The van der Waals surface area contributed by atoms with Gasteiger partial charge in [-0.3, -0.25) is 4.99 Å². The van der Waals surface area contributed by atoms with Crippen LogP contribution in [0.25, 0.3) is 0 Å². The van der Waals surface area contributed by atoms with Gasteiger partial charge < -0.3 is 19.9 Å². The fraction of sp³-hybridized carbons (Fsp3) is 0.565. The van der Waals surface area contributed by atoms with E-state index in [9.17, 15) is 0 Å². The number of guanidine groups is 1. The van der Waals surface area contributed by atoms with E-state index in [0.717, 1.165) is 67.9 Å². The summed E-state index contributed by atoms with van der Waals surface area (Å²) in [5.74, 6) is 1.99. The van der Waals surface area contributed by atoms with Crippen LogP contribution in [0.3, 0.4) is 0 Å². The quantitative estimate of drug-likeness (QED) is 0.469. The molecule has 30 heavy (non-hydrogen) atoms. The summed E-state index contributed by atoms with van der Waals surface area (Å²) in [7, 11) is 1.78. The van der Waals surface area contributed by atoms with Crippen molar-refractivity contribution < 1.29 is 9.26 Å². The molecule has 1 aliphatic heterocycles. The summed E-state index contributed by atoms with van der Waals surface area (Å²) in [5, 5.41) is 11.9. The van der Waals surface area contributed by atoms with Crippen LogP contribution in [-0.4, -0.2) is 37.9 Å². The number of rotatable bonds is 8. The second kappa shape index (κ2) is 10.8. The minimum absolute atomic E-state index is 0.0803. The molecule has 0 aliphatic carbocycles. The van der Waals surface area contributed by atoms with Crippen molar-refractivity contribution in [3.05, 3.63) is 52.4 Å². The number of hydrogen-bond donors (Lipinski definition) is 2. The smallest absolute Gasteiger partial charge is 0.191 e. The molecule has 1 aliphatic rings. The van der Waals surface area contributed by atoms with Gasteiger partial charge >= 0.3 is 0 Å². The molecule has 0 amide bonds. The van der Waals surface area contributed by atoms with Gasteiger partial charge in [-0.25, -0.2) is 0 Å². The van der Waals surface area contributed by atoms with Crippen LogP contribution in [0, 0.1) is 0 Å². The van der Waals surface area contributed by atoms with Gasteiger partial charge in [0.2, 0.25) is 0 Å². The summed E-state index contributed by atoms with van der Waals surface area (Å²) in [6.07, 6.45) is 3.96. The minimum Gasteiger partial charge on any atom is -0.381 e. The fourth-order valence-electron chi connectivity index (χ4n) is 4.15. The molecule has 3 rings (SSSR count). The number of aromatic nitrogens is 1. The van der Waals surface area contributed by atoms with Crippen LogP contribution in [0.2, 0.25) is 5.02 Å². The molecule has 6 nitrogen and oxygen atoms in total. The monoisotopic (exact) mass is 432 g/mol. The van der Waals surface area contributed by atoms with Crippen LogP contribution in [0.4, 0.5) is 0 Å². The van der Waals surface area contributed by atoms with Gasteiger partial charge in [0.15, 0.2) is 11.7 Å². The highest BCUT2D eigenvalue weighted by Crippen LogP contribution is 2.38. The van der Waals surface area contributed by atoms with Gasteiger partial charge in [-0.05, 0) is 37.3 Å². The first-order valence-corrected chi connectivity index (χ1v) is 11.2. The van der Waals surface area contributed by atoms with E-state index < -0.39 is 0 Å². The Hall–Kier alpha value is -2.05. The van der Waals surface area contributed by atoms with Crippen LogP contribution in [0.1, 0.15) is 62.5 Å². The predicted molar refractivity (Wildman–Crippen MR) is 121 cm³/mol. The molecular formula is C23H33ClN4O2. The summed E-state index contributed by atoms with van der Waals surface area (Å²) in [6.45, 7) is 7.09. The lowest BCUT2D eigenvalue weighted by Gasteiger charge is -2.38. The van der Waals surface area contributed by atoms with E-state index in [4.69, 9.17) is 20.9 Å². The van der Waals surface area contributed by atoms with E-state index in [1.54, 1.807) is 7.05 Å². The maximum absolute atomic E-state index is 6.56. The zero-order chi connectivity index (χ0) is 21.4. The average Bonchev–Trinajstić information content (AvgIpc) is 3.24. The second-order valence-electron chi connectivity index (χ2n) is 7.88. The van der Waals surface area contributed by atoms with Gasteiger partial charge in [0.25, 0.3) is 0 Å². The molecule has 0 spiro atoms. The van der Waals surface area contributed by atoms with E-state index in [0.29, 0.717) is 12.5 Å². The number of nitrogens with one attached hydrogen (secondary N) is 2. The summed E-state index contributed by atoms with van der Waals surface area (Å²) >= 11 is 6.56. The standard InChI is InChI=1S/C23H33ClN4O2/c1-4-17(5-2)21-14-18(30-28-21)15-26-22(25-3)27-16-23(10-12-29-13-11-23)19-8-6-7-9-20(19)24/h6-9,14,17H,4-5,10-13,15-16H2,1-3H3,(H2,25,26,27). The predicted octanol–water partition coefficient (Wildman–Crippen LogP) is 4.65. The Bertz CT molecular complexity index is 826. The molecule has 0 saturated carbocycles. The maximum Gasteiger partial charge on any atom is 0.191 e. The van der Waals surface area contributed by atoms with Gasteiger partial charge in [-0.15, -0.1) is 0 Å². The van der Waals surface area contributed by atoms with Crippen molar-refractivity contribution in [3.8, 4) is 0 Å². The first-order valence-electron chi connectivity index (χ1n) is 10.8. The molecule has 1 fully saturated rings.